The van der Waals surface area contributed by atoms with Gasteiger partial charge in [-0.1, -0.05) is 12.1 Å². The van der Waals surface area contributed by atoms with Gasteiger partial charge in [0.2, 0.25) is 5.91 Å². The molecule has 0 aliphatic heterocycles. The van der Waals surface area contributed by atoms with Crippen molar-refractivity contribution in [2.75, 3.05) is 5.32 Å². The van der Waals surface area contributed by atoms with Crippen LogP contribution in [0.1, 0.15) is 13.8 Å². The van der Waals surface area contributed by atoms with Crippen molar-refractivity contribution in [3.8, 4) is 0 Å². The Morgan fingerprint density at radius 2 is 1.64 bits per heavy atom. The van der Waals surface area contributed by atoms with E-state index in [-0.39, 0.29) is 23.7 Å². The largest absolute Gasteiger partial charge is 0.329 e. The van der Waals surface area contributed by atoms with E-state index in [1.54, 1.807) is 16.8 Å². The van der Waals surface area contributed by atoms with E-state index in [1.165, 1.54) is 15.2 Å². The number of amides is 1. The minimum atomic E-state index is -0.317. The van der Waals surface area contributed by atoms with E-state index in [4.69, 9.17) is 0 Å². The molecule has 3 aromatic rings. The van der Waals surface area contributed by atoms with Crippen LogP contribution in [0.15, 0.2) is 52.2 Å². The summed E-state index contributed by atoms with van der Waals surface area (Å²) < 4.78 is 4.61. The van der Waals surface area contributed by atoms with Gasteiger partial charge in [0.05, 0.1) is 16.7 Å². The molecule has 0 atom stereocenters. The molecular weight excluding hydrogens is 320 g/mol. The second-order valence-electron chi connectivity index (χ2n) is 5.69. The molecule has 0 bridgehead atoms. The van der Waals surface area contributed by atoms with Crippen molar-refractivity contribution in [3.63, 3.8) is 0 Å². The van der Waals surface area contributed by atoms with Gasteiger partial charge in [-0.2, -0.15) is 0 Å². The fourth-order valence-corrected chi connectivity index (χ4v) is 2.93. The van der Waals surface area contributed by atoms with Gasteiger partial charge in [-0.25, -0.2) is 4.79 Å². The second-order valence-corrected chi connectivity index (χ2v) is 5.69. The number of pyridine rings is 1. The van der Waals surface area contributed by atoms with Crippen molar-refractivity contribution in [1.82, 2.24) is 13.7 Å². The summed E-state index contributed by atoms with van der Waals surface area (Å²) >= 11 is 0. The van der Waals surface area contributed by atoms with Crippen LogP contribution in [0, 0.1) is 0 Å². The quantitative estimate of drug-likeness (QED) is 0.767. The Morgan fingerprint density at radius 3 is 2.28 bits per heavy atom. The first kappa shape index (κ1) is 16.8. The molecule has 25 heavy (non-hydrogen) atoms. The second kappa shape index (κ2) is 6.80. The maximum absolute atomic E-state index is 12.6. The number of nitrogens with one attached hydrogen (secondary N) is 1. The van der Waals surface area contributed by atoms with Crippen molar-refractivity contribution >= 4 is 22.6 Å². The Labute approximate surface area is 144 Å². The van der Waals surface area contributed by atoms with Gasteiger partial charge in [0.15, 0.2) is 0 Å². The molecular formula is C18H20N4O3. The minimum Gasteiger partial charge on any atom is -0.323 e. The fraction of sp³-hybridized carbons (Fsp3) is 0.278. The van der Waals surface area contributed by atoms with Crippen LogP contribution in [-0.2, 0) is 24.4 Å². The highest BCUT2D eigenvalue weighted by Gasteiger charge is 2.14. The van der Waals surface area contributed by atoms with Gasteiger partial charge in [0, 0.05) is 25.4 Å². The van der Waals surface area contributed by atoms with Crippen LogP contribution in [0.25, 0.3) is 11.0 Å². The molecule has 0 aliphatic carbocycles. The molecule has 0 spiro atoms. The van der Waals surface area contributed by atoms with Crippen molar-refractivity contribution in [3.05, 3.63) is 63.4 Å². The average Bonchev–Trinajstić information content (AvgIpc) is 2.88. The van der Waals surface area contributed by atoms with E-state index in [9.17, 15) is 14.4 Å². The molecule has 2 heterocycles. The zero-order valence-corrected chi connectivity index (χ0v) is 14.2. The summed E-state index contributed by atoms with van der Waals surface area (Å²) in [5, 5.41) is 2.74. The summed E-state index contributed by atoms with van der Waals surface area (Å²) in [6.07, 6.45) is 1.60. The molecule has 1 amide bonds. The first-order valence-corrected chi connectivity index (χ1v) is 8.23. The number of benzene rings is 1. The summed E-state index contributed by atoms with van der Waals surface area (Å²) in [5.41, 5.74) is 1.73. The zero-order valence-electron chi connectivity index (χ0n) is 14.2. The van der Waals surface area contributed by atoms with Crippen molar-refractivity contribution in [1.29, 1.82) is 0 Å². The minimum absolute atomic E-state index is 0.0857. The van der Waals surface area contributed by atoms with E-state index >= 15 is 0 Å². The Kier molecular flexibility index (Phi) is 4.56. The summed E-state index contributed by atoms with van der Waals surface area (Å²) in [4.78, 5) is 36.6. The summed E-state index contributed by atoms with van der Waals surface area (Å²) in [7, 11) is 0. The number of hydrogen-bond donors (Lipinski definition) is 1. The van der Waals surface area contributed by atoms with E-state index in [1.807, 2.05) is 38.1 Å². The van der Waals surface area contributed by atoms with E-state index in [2.05, 4.69) is 5.32 Å². The summed E-state index contributed by atoms with van der Waals surface area (Å²) in [6.45, 7) is 4.72. The standard InChI is InChI=1S/C18H20N4O3/c1-3-20-11-13(9-10-17(20)24)19-16(23)12-22-15-8-6-5-7-14(15)21(4-2)18(22)25/h5-11H,3-4,12H2,1-2H3,(H,19,23). The number of rotatable bonds is 5. The predicted octanol–water partition coefficient (Wildman–Crippen LogP) is 1.64. The van der Waals surface area contributed by atoms with Crippen LogP contribution in [0.3, 0.4) is 0 Å². The monoisotopic (exact) mass is 340 g/mol. The predicted molar refractivity (Wildman–Crippen MR) is 96.9 cm³/mol. The number of aromatic nitrogens is 3. The van der Waals surface area contributed by atoms with Gasteiger partial charge in [0.1, 0.15) is 6.54 Å². The lowest BCUT2D eigenvalue weighted by atomic mass is 10.3. The highest BCUT2D eigenvalue weighted by atomic mass is 16.2. The van der Waals surface area contributed by atoms with E-state index in [0.717, 1.165) is 11.0 Å². The molecule has 1 N–H and O–H groups in total. The van der Waals surface area contributed by atoms with Crippen LogP contribution < -0.4 is 16.6 Å². The van der Waals surface area contributed by atoms with Crippen LogP contribution in [-0.4, -0.2) is 19.6 Å². The highest BCUT2D eigenvalue weighted by Crippen LogP contribution is 2.13. The summed E-state index contributed by atoms with van der Waals surface area (Å²) in [6, 6.07) is 10.4. The average molecular weight is 340 g/mol. The Hall–Kier alpha value is -3.09. The first-order valence-electron chi connectivity index (χ1n) is 8.23. The molecule has 130 valence electrons. The Morgan fingerprint density at radius 1 is 0.960 bits per heavy atom. The van der Waals surface area contributed by atoms with Crippen molar-refractivity contribution < 1.29 is 4.79 Å². The van der Waals surface area contributed by atoms with Gasteiger partial charge in [-0.3, -0.25) is 18.7 Å². The van der Waals surface area contributed by atoms with Gasteiger partial charge in [-0.05, 0) is 32.0 Å². The lowest BCUT2D eigenvalue weighted by Crippen LogP contribution is -2.29. The first-order chi connectivity index (χ1) is 12.0. The van der Waals surface area contributed by atoms with Crippen molar-refractivity contribution in [2.24, 2.45) is 0 Å². The highest BCUT2D eigenvalue weighted by molar-refractivity contribution is 5.91. The van der Waals surface area contributed by atoms with Gasteiger partial charge < -0.3 is 9.88 Å². The zero-order chi connectivity index (χ0) is 18.0. The molecule has 0 radical (unpaired) electrons. The number of aryl methyl sites for hydroxylation is 2. The number of para-hydroxylation sites is 2. The maximum atomic E-state index is 12.6. The van der Waals surface area contributed by atoms with Gasteiger partial charge >= 0.3 is 5.69 Å². The lowest BCUT2D eigenvalue weighted by Gasteiger charge is -2.08. The van der Waals surface area contributed by atoms with Gasteiger partial charge in [0.25, 0.3) is 5.56 Å². The normalized spacial score (nSPS) is 11.0. The third-order valence-electron chi connectivity index (χ3n) is 4.15. The number of hydrogen-bond acceptors (Lipinski definition) is 3. The molecule has 0 unspecified atom stereocenters. The third-order valence-corrected chi connectivity index (χ3v) is 4.15. The van der Waals surface area contributed by atoms with Crippen LogP contribution >= 0.6 is 0 Å². The van der Waals surface area contributed by atoms with Crippen LogP contribution in [0.2, 0.25) is 0 Å². The van der Waals surface area contributed by atoms with Crippen molar-refractivity contribution in [2.45, 2.75) is 33.5 Å². The Balaban J connectivity index is 1.89. The number of fused-ring (bicyclic) bond motifs is 1. The molecule has 2 aromatic heterocycles. The molecule has 0 saturated carbocycles. The van der Waals surface area contributed by atoms with E-state index < -0.39 is 0 Å². The Bertz CT molecular complexity index is 1040. The summed E-state index contributed by atoms with van der Waals surface area (Å²) in [5.74, 6) is -0.317. The number of imidazole rings is 1. The molecule has 7 nitrogen and oxygen atoms in total. The van der Waals surface area contributed by atoms with E-state index in [0.29, 0.717) is 18.8 Å². The number of carbonyl (C=O) groups excluding carboxylic acids is 1. The van der Waals surface area contributed by atoms with Gasteiger partial charge in [-0.15, -0.1) is 0 Å². The molecule has 3 rings (SSSR count). The number of carbonyl (C=O) groups is 1. The maximum Gasteiger partial charge on any atom is 0.329 e. The van der Waals surface area contributed by atoms with Crippen LogP contribution in [0.5, 0.6) is 0 Å². The molecule has 0 aliphatic rings. The fourth-order valence-electron chi connectivity index (χ4n) is 2.93. The SMILES string of the molecule is CCn1cc(NC(=O)Cn2c(=O)n(CC)c3ccccc32)ccc1=O. The molecule has 0 saturated heterocycles. The third kappa shape index (κ3) is 3.13. The number of anilines is 1. The molecule has 0 fully saturated rings. The van der Waals surface area contributed by atoms with Crippen LogP contribution in [0.4, 0.5) is 5.69 Å². The molecule has 7 heteroatoms. The number of nitrogens with zero attached hydrogens (tertiary/aromatic N) is 3. The smallest absolute Gasteiger partial charge is 0.323 e. The topological polar surface area (TPSA) is 78.0 Å². The molecule has 1 aromatic carbocycles. The lowest BCUT2D eigenvalue weighted by molar-refractivity contribution is -0.116.